The molecule has 0 spiro atoms. The van der Waals surface area contributed by atoms with Gasteiger partial charge in [0.05, 0.1) is 0 Å². The number of hydrogen-bond donors (Lipinski definition) is 2. The number of nitrogens with one attached hydrogen (secondary N) is 2. The molecule has 2 N–H and O–H groups in total. The smallest absolute Gasteiger partial charge is 0.313 e. The summed E-state index contributed by atoms with van der Waals surface area (Å²) >= 11 is 0. The maximum Gasteiger partial charge on any atom is 0.313 e. The molecular weight excluding hydrogens is 401 g/mol. The molecule has 0 bridgehead atoms. The number of furan rings is 1. The topological polar surface area (TPSA) is 91.7 Å². The van der Waals surface area contributed by atoms with Crippen LogP contribution >= 0.6 is 0 Å². The van der Waals surface area contributed by atoms with E-state index >= 15 is 0 Å². The number of anilines is 1. The van der Waals surface area contributed by atoms with Gasteiger partial charge in [0.1, 0.15) is 11.4 Å². The number of likely N-dealkylation sites (tertiary alicyclic amines) is 1. The third-order valence-corrected chi connectivity index (χ3v) is 5.38. The molecule has 0 unspecified atom stereocenters. The van der Waals surface area contributed by atoms with Crippen molar-refractivity contribution >= 4 is 34.4 Å². The molecule has 3 amide bonds. The van der Waals surface area contributed by atoms with Gasteiger partial charge in [0, 0.05) is 30.7 Å². The Morgan fingerprint density at radius 2 is 1.77 bits per heavy atom. The molecule has 31 heavy (non-hydrogen) atoms. The first-order valence-electron chi connectivity index (χ1n) is 10.1. The Morgan fingerprint density at radius 1 is 1.00 bits per heavy atom. The van der Waals surface area contributed by atoms with Crippen LogP contribution in [0.15, 0.2) is 59.0 Å². The van der Waals surface area contributed by atoms with E-state index < -0.39 is 17.6 Å². The van der Waals surface area contributed by atoms with Gasteiger partial charge in [-0.2, -0.15) is 0 Å². The number of fused-ring (bicyclic) bond motifs is 1. The molecular formula is C23H22FN3O4. The van der Waals surface area contributed by atoms with Crippen LogP contribution in [0.1, 0.15) is 23.4 Å². The number of carbonyl (C=O) groups excluding carboxylic acids is 3. The highest BCUT2D eigenvalue weighted by atomic mass is 19.1. The van der Waals surface area contributed by atoms with Gasteiger partial charge in [-0.1, -0.05) is 24.3 Å². The van der Waals surface area contributed by atoms with E-state index in [-0.39, 0.29) is 17.5 Å². The van der Waals surface area contributed by atoms with Crippen molar-refractivity contribution in [1.82, 2.24) is 10.2 Å². The van der Waals surface area contributed by atoms with E-state index in [0.29, 0.717) is 43.8 Å². The average Bonchev–Trinajstić information content (AvgIpc) is 3.21. The summed E-state index contributed by atoms with van der Waals surface area (Å²) in [5, 5.41) is 5.87. The van der Waals surface area contributed by atoms with Gasteiger partial charge < -0.3 is 20.0 Å². The number of hydrogen-bond acceptors (Lipinski definition) is 4. The molecule has 1 saturated heterocycles. The molecule has 0 aliphatic carbocycles. The van der Waals surface area contributed by atoms with Crippen LogP contribution in [0.4, 0.5) is 10.1 Å². The SMILES string of the molecule is O=C(NCC1CCN(C(=O)c2cc3ccccc3o2)CC1)C(=O)Nc1cccc(F)c1. The van der Waals surface area contributed by atoms with Gasteiger partial charge in [0.2, 0.25) is 0 Å². The lowest BCUT2D eigenvalue weighted by molar-refractivity contribution is -0.136. The molecule has 4 rings (SSSR count). The van der Waals surface area contributed by atoms with Crippen LogP contribution in [-0.4, -0.2) is 42.3 Å². The van der Waals surface area contributed by atoms with Crippen molar-refractivity contribution in [3.8, 4) is 0 Å². The molecule has 0 saturated carbocycles. The molecule has 0 radical (unpaired) electrons. The van der Waals surface area contributed by atoms with Crippen molar-refractivity contribution in [2.24, 2.45) is 5.92 Å². The van der Waals surface area contributed by atoms with Crippen LogP contribution in [0.25, 0.3) is 11.0 Å². The normalized spacial score (nSPS) is 14.4. The van der Waals surface area contributed by atoms with Gasteiger partial charge in [-0.05, 0) is 49.1 Å². The second-order valence-electron chi connectivity index (χ2n) is 7.56. The van der Waals surface area contributed by atoms with Gasteiger partial charge in [0.15, 0.2) is 5.76 Å². The number of halogens is 1. The zero-order chi connectivity index (χ0) is 21.8. The molecule has 3 aromatic rings. The van der Waals surface area contributed by atoms with Crippen molar-refractivity contribution in [2.75, 3.05) is 25.0 Å². The van der Waals surface area contributed by atoms with Gasteiger partial charge in [-0.3, -0.25) is 14.4 Å². The van der Waals surface area contributed by atoms with E-state index in [1.807, 2.05) is 24.3 Å². The first-order valence-corrected chi connectivity index (χ1v) is 10.1. The number of nitrogens with zero attached hydrogens (tertiary/aromatic N) is 1. The molecule has 1 aliphatic heterocycles. The van der Waals surface area contributed by atoms with E-state index in [0.717, 1.165) is 11.5 Å². The van der Waals surface area contributed by atoms with Crippen molar-refractivity contribution in [1.29, 1.82) is 0 Å². The van der Waals surface area contributed by atoms with Crippen LogP contribution in [0.2, 0.25) is 0 Å². The van der Waals surface area contributed by atoms with E-state index in [9.17, 15) is 18.8 Å². The monoisotopic (exact) mass is 423 g/mol. The van der Waals surface area contributed by atoms with Gasteiger partial charge >= 0.3 is 11.8 Å². The Bertz CT molecular complexity index is 1090. The highest BCUT2D eigenvalue weighted by Crippen LogP contribution is 2.23. The molecule has 2 heterocycles. The predicted octanol–water partition coefficient (Wildman–Crippen LogP) is 3.18. The summed E-state index contributed by atoms with van der Waals surface area (Å²) in [4.78, 5) is 38.4. The summed E-state index contributed by atoms with van der Waals surface area (Å²) < 4.78 is 18.8. The van der Waals surface area contributed by atoms with Crippen molar-refractivity contribution in [3.05, 3.63) is 66.2 Å². The number of benzene rings is 2. The second-order valence-corrected chi connectivity index (χ2v) is 7.56. The Labute approximate surface area is 178 Å². The molecule has 1 aliphatic rings. The van der Waals surface area contributed by atoms with Crippen molar-refractivity contribution in [3.63, 3.8) is 0 Å². The summed E-state index contributed by atoms with van der Waals surface area (Å²) in [7, 11) is 0. The van der Waals surface area contributed by atoms with Crippen LogP contribution in [-0.2, 0) is 9.59 Å². The van der Waals surface area contributed by atoms with E-state index in [4.69, 9.17) is 4.42 Å². The largest absolute Gasteiger partial charge is 0.451 e. The highest BCUT2D eigenvalue weighted by molar-refractivity contribution is 6.39. The summed E-state index contributed by atoms with van der Waals surface area (Å²) in [5.74, 6) is -1.78. The molecule has 7 nitrogen and oxygen atoms in total. The Balaban J connectivity index is 1.24. The maximum absolute atomic E-state index is 13.2. The molecule has 2 aromatic carbocycles. The van der Waals surface area contributed by atoms with Crippen LogP contribution in [0.5, 0.6) is 0 Å². The quantitative estimate of drug-likeness (QED) is 0.631. The standard InChI is InChI=1S/C23H22FN3O4/c24-17-5-3-6-18(13-17)26-22(29)21(28)25-14-15-8-10-27(11-9-15)23(30)20-12-16-4-1-2-7-19(16)31-20/h1-7,12-13,15H,8-11,14H2,(H,25,28)(H,26,29). The van der Waals surface area contributed by atoms with E-state index in [1.165, 1.54) is 18.2 Å². The molecule has 1 aromatic heterocycles. The molecule has 160 valence electrons. The van der Waals surface area contributed by atoms with Gasteiger partial charge in [-0.25, -0.2) is 4.39 Å². The Kier molecular flexibility index (Phi) is 5.97. The maximum atomic E-state index is 13.2. The first-order chi connectivity index (χ1) is 15.0. The summed E-state index contributed by atoms with van der Waals surface area (Å²) in [6, 6.07) is 14.6. The van der Waals surface area contributed by atoms with Gasteiger partial charge in [-0.15, -0.1) is 0 Å². The Hall–Kier alpha value is -3.68. The number of rotatable bonds is 4. The Morgan fingerprint density at radius 3 is 2.52 bits per heavy atom. The summed E-state index contributed by atoms with van der Waals surface area (Å²) in [6.45, 7) is 1.43. The second kappa shape index (κ2) is 8.99. The fourth-order valence-corrected chi connectivity index (χ4v) is 3.65. The number of carbonyl (C=O) groups is 3. The number of piperidine rings is 1. The van der Waals surface area contributed by atoms with E-state index in [1.54, 1.807) is 11.0 Å². The predicted molar refractivity (Wildman–Crippen MR) is 113 cm³/mol. The zero-order valence-corrected chi connectivity index (χ0v) is 16.8. The zero-order valence-electron chi connectivity index (χ0n) is 16.8. The summed E-state index contributed by atoms with van der Waals surface area (Å²) in [6.07, 6.45) is 1.41. The van der Waals surface area contributed by atoms with Crippen molar-refractivity contribution in [2.45, 2.75) is 12.8 Å². The third kappa shape index (κ3) is 4.91. The fourth-order valence-electron chi connectivity index (χ4n) is 3.65. The minimum absolute atomic E-state index is 0.145. The third-order valence-electron chi connectivity index (χ3n) is 5.38. The number of para-hydroxylation sites is 1. The lowest BCUT2D eigenvalue weighted by Crippen LogP contribution is -2.43. The van der Waals surface area contributed by atoms with Gasteiger partial charge in [0.25, 0.3) is 5.91 Å². The minimum Gasteiger partial charge on any atom is -0.451 e. The highest BCUT2D eigenvalue weighted by Gasteiger charge is 2.26. The van der Waals surface area contributed by atoms with Crippen LogP contribution < -0.4 is 10.6 Å². The molecule has 1 fully saturated rings. The molecule has 0 atom stereocenters. The molecule has 8 heteroatoms. The van der Waals surface area contributed by atoms with E-state index in [2.05, 4.69) is 10.6 Å². The fraction of sp³-hybridized carbons (Fsp3) is 0.261. The average molecular weight is 423 g/mol. The lowest BCUT2D eigenvalue weighted by Gasteiger charge is -2.31. The lowest BCUT2D eigenvalue weighted by atomic mass is 9.96. The number of amides is 3. The van der Waals surface area contributed by atoms with Crippen molar-refractivity contribution < 1.29 is 23.2 Å². The minimum atomic E-state index is -0.844. The first kappa shape index (κ1) is 20.6. The van der Waals surface area contributed by atoms with Crippen LogP contribution in [0.3, 0.4) is 0 Å². The summed E-state index contributed by atoms with van der Waals surface area (Å²) in [5.41, 5.74) is 0.900. The van der Waals surface area contributed by atoms with Crippen LogP contribution in [0, 0.1) is 11.7 Å².